The quantitative estimate of drug-likeness (QED) is 0.498. The lowest BCUT2D eigenvalue weighted by Gasteiger charge is -2.34. The highest BCUT2D eigenvalue weighted by Gasteiger charge is 2.20. The van der Waals surface area contributed by atoms with Crippen molar-refractivity contribution in [3.8, 4) is 11.3 Å². The number of anilines is 1. The Labute approximate surface area is 178 Å². The predicted molar refractivity (Wildman–Crippen MR) is 122 cm³/mol. The second-order valence-corrected chi connectivity index (χ2v) is 7.65. The molecule has 30 heavy (non-hydrogen) atoms. The Morgan fingerprint density at radius 3 is 2.53 bits per heavy atom. The zero-order chi connectivity index (χ0) is 20.8. The molecule has 0 saturated carbocycles. The van der Waals surface area contributed by atoms with Crippen LogP contribution in [-0.2, 0) is 6.54 Å². The summed E-state index contributed by atoms with van der Waals surface area (Å²) < 4.78 is 5.89. The number of para-hydroxylation sites is 1. The van der Waals surface area contributed by atoms with Gasteiger partial charge in [-0.25, -0.2) is 4.98 Å². The number of nitrogens with one attached hydrogen (secondary N) is 2. The minimum atomic E-state index is 0.406. The second-order valence-electron chi connectivity index (χ2n) is 7.65. The molecule has 156 valence electrons. The van der Waals surface area contributed by atoms with Crippen LogP contribution in [0.3, 0.4) is 0 Å². The second kappa shape index (κ2) is 9.48. The Morgan fingerprint density at radius 2 is 1.83 bits per heavy atom. The lowest BCUT2D eigenvalue weighted by atomic mass is 10.0. The van der Waals surface area contributed by atoms with E-state index in [1.54, 1.807) is 13.2 Å². The van der Waals surface area contributed by atoms with Crippen LogP contribution in [0.15, 0.2) is 70.2 Å². The molecular weight excluding hydrogens is 374 g/mol. The van der Waals surface area contributed by atoms with E-state index >= 15 is 0 Å². The summed E-state index contributed by atoms with van der Waals surface area (Å²) in [5.41, 5.74) is 3.56. The minimum Gasteiger partial charge on any atom is -0.439 e. The number of rotatable bonds is 5. The number of hydrogen-bond acceptors (Lipinski definition) is 4. The Balaban J connectivity index is 1.26. The number of aryl methyl sites for hydroxylation is 1. The average molecular weight is 404 g/mol. The van der Waals surface area contributed by atoms with Gasteiger partial charge in [-0.1, -0.05) is 48.0 Å². The maximum Gasteiger partial charge on any atom is 0.214 e. The summed E-state index contributed by atoms with van der Waals surface area (Å²) in [7, 11) is 1.79. The summed E-state index contributed by atoms with van der Waals surface area (Å²) in [6, 6.07) is 19.3. The van der Waals surface area contributed by atoms with E-state index < -0.39 is 0 Å². The number of piperidine rings is 1. The van der Waals surface area contributed by atoms with Crippen molar-refractivity contribution in [2.75, 3.05) is 25.0 Å². The number of aliphatic imine (C=N–C) groups is 1. The number of guanidine groups is 1. The summed E-state index contributed by atoms with van der Waals surface area (Å²) in [5.74, 6) is 2.21. The van der Waals surface area contributed by atoms with Gasteiger partial charge in [0.25, 0.3) is 0 Å². The third-order valence-corrected chi connectivity index (χ3v) is 5.48. The molecule has 0 unspecified atom stereocenters. The van der Waals surface area contributed by atoms with Gasteiger partial charge in [-0.3, -0.25) is 4.99 Å². The first-order valence-corrected chi connectivity index (χ1v) is 10.5. The third-order valence-electron chi connectivity index (χ3n) is 5.48. The van der Waals surface area contributed by atoms with E-state index in [2.05, 4.69) is 87.0 Å². The molecule has 0 bridgehead atoms. The number of aromatic nitrogens is 1. The predicted octanol–water partition coefficient (Wildman–Crippen LogP) is 3.98. The van der Waals surface area contributed by atoms with Crippen LogP contribution >= 0.6 is 0 Å². The topological polar surface area (TPSA) is 65.7 Å². The maximum absolute atomic E-state index is 5.89. The fraction of sp³-hybridized carbons (Fsp3) is 0.333. The van der Waals surface area contributed by atoms with Crippen LogP contribution in [0.5, 0.6) is 0 Å². The lowest BCUT2D eigenvalue weighted by Crippen LogP contribution is -2.48. The van der Waals surface area contributed by atoms with Gasteiger partial charge in [0.15, 0.2) is 11.7 Å². The molecule has 6 heteroatoms. The van der Waals surface area contributed by atoms with Crippen LogP contribution in [0.1, 0.15) is 24.3 Å². The van der Waals surface area contributed by atoms with Crippen molar-refractivity contribution in [1.29, 1.82) is 0 Å². The molecule has 3 aromatic rings. The normalized spacial score (nSPS) is 15.3. The Hall–Kier alpha value is -3.28. The highest BCUT2D eigenvalue weighted by molar-refractivity contribution is 5.79. The molecular formula is C24H29N5O. The first kappa shape index (κ1) is 20.0. The fourth-order valence-corrected chi connectivity index (χ4v) is 3.71. The van der Waals surface area contributed by atoms with Crippen LogP contribution in [-0.4, -0.2) is 37.1 Å². The summed E-state index contributed by atoms with van der Waals surface area (Å²) >= 11 is 0. The van der Waals surface area contributed by atoms with Gasteiger partial charge in [0.1, 0.15) is 0 Å². The van der Waals surface area contributed by atoms with Crippen molar-refractivity contribution in [2.45, 2.75) is 32.4 Å². The van der Waals surface area contributed by atoms with Gasteiger partial charge < -0.3 is 20.0 Å². The van der Waals surface area contributed by atoms with Crippen molar-refractivity contribution in [3.63, 3.8) is 0 Å². The summed E-state index contributed by atoms with van der Waals surface area (Å²) in [4.78, 5) is 11.2. The van der Waals surface area contributed by atoms with E-state index in [0.717, 1.165) is 43.2 Å². The lowest BCUT2D eigenvalue weighted by molar-refractivity contribution is 0.456. The maximum atomic E-state index is 5.89. The van der Waals surface area contributed by atoms with E-state index in [4.69, 9.17) is 4.42 Å². The van der Waals surface area contributed by atoms with Crippen LogP contribution in [0, 0.1) is 6.92 Å². The van der Waals surface area contributed by atoms with Gasteiger partial charge in [0.2, 0.25) is 5.89 Å². The van der Waals surface area contributed by atoms with Crippen LogP contribution < -0.4 is 15.5 Å². The van der Waals surface area contributed by atoms with E-state index in [9.17, 15) is 0 Å². The highest BCUT2D eigenvalue weighted by atomic mass is 16.4. The van der Waals surface area contributed by atoms with E-state index in [1.165, 1.54) is 11.3 Å². The molecule has 1 saturated heterocycles. The van der Waals surface area contributed by atoms with Crippen molar-refractivity contribution in [1.82, 2.24) is 15.6 Å². The fourth-order valence-electron chi connectivity index (χ4n) is 3.71. The van der Waals surface area contributed by atoms with Gasteiger partial charge in [-0.05, 0) is 31.9 Å². The first-order chi connectivity index (χ1) is 14.7. The molecule has 1 fully saturated rings. The van der Waals surface area contributed by atoms with Crippen LogP contribution in [0.4, 0.5) is 5.69 Å². The molecule has 2 N–H and O–H groups in total. The van der Waals surface area contributed by atoms with E-state index in [1.807, 2.05) is 0 Å². The largest absolute Gasteiger partial charge is 0.439 e. The molecule has 1 aliphatic heterocycles. The monoisotopic (exact) mass is 403 g/mol. The third kappa shape index (κ3) is 5.00. The van der Waals surface area contributed by atoms with Crippen molar-refractivity contribution in [3.05, 3.63) is 72.2 Å². The molecule has 0 aliphatic carbocycles. The Kier molecular flexibility index (Phi) is 6.32. The zero-order valence-electron chi connectivity index (χ0n) is 17.6. The highest BCUT2D eigenvalue weighted by Crippen LogP contribution is 2.21. The van der Waals surface area contributed by atoms with Crippen LogP contribution in [0.2, 0.25) is 0 Å². The number of hydrogen-bond donors (Lipinski definition) is 2. The van der Waals surface area contributed by atoms with Gasteiger partial charge in [-0.2, -0.15) is 0 Å². The number of nitrogens with zero attached hydrogens (tertiary/aromatic N) is 3. The standard InChI is InChI=1S/C24H29N5O/c1-18-8-10-19(11-9-18)22-16-26-23(30-22)17-27-24(25-2)28-20-12-14-29(15-13-20)21-6-4-3-5-7-21/h3-11,16,20H,12-15,17H2,1-2H3,(H2,25,27,28). The molecule has 0 amide bonds. The van der Waals surface area contributed by atoms with Crippen molar-refractivity contribution < 1.29 is 4.42 Å². The Bertz CT molecular complexity index is 957. The van der Waals surface area contributed by atoms with Gasteiger partial charge in [-0.15, -0.1) is 0 Å². The van der Waals surface area contributed by atoms with Gasteiger partial charge in [0, 0.05) is 37.4 Å². The number of benzene rings is 2. The molecule has 1 aromatic heterocycles. The molecule has 1 aliphatic rings. The van der Waals surface area contributed by atoms with Crippen LogP contribution in [0.25, 0.3) is 11.3 Å². The Morgan fingerprint density at radius 1 is 1.10 bits per heavy atom. The molecule has 0 spiro atoms. The molecule has 2 heterocycles. The number of oxazole rings is 1. The molecule has 0 atom stereocenters. The molecule has 6 nitrogen and oxygen atoms in total. The first-order valence-electron chi connectivity index (χ1n) is 10.5. The summed E-state index contributed by atoms with van der Waals surface area (Å²) in [5, 5.41) is 6.85. The smallest absolute Gasteiger partial charge is 0.214 e. The van der Waals surface area contributed by atoms with E-state index in [-0.39, 0.29) is 0 Å². The minimum absolute atomic E-state index is 0.406. The SMILES string of the molecule is CN=C(NCc1ncc(-c2ccc(C)cc2)o1)NC1CCN(c2ccccc2)CC1. The average Bonchev–Trinajstić information content (AvgIpc) is 3.27. The zero-order valence-corrected chi connectivity index (χ0v) is 17.6. The van der Waals surface area contributed by atoms with Crippen molar-refractivity contribution >= 4 is 11.6 Å². The van der Waals surface area contributed by atoms with E-state index in [0.29, 0.717) is 18.5 Å². The molecule has 4 rings (SSSR count). The molecule has 2 aromatic carbocycles. The van der Waals surface area contributed by atoms with Gasteiger partial charge in [0.05, 0.1) is 12.7 Å². The molecule has 0 radical (unpaired) electrons. The summed E-state index contributed by atoms with van der Waals surface area (Å²) in [6.07, 6.45) is 3.93. The van der Waals surface area contributed by atoms with Gasteiger partial charge >= 0.3 is 0 Å². The summed E-state index contributed by atoms with van der Waals surface area (Å²) in [6.45, 7) is 4.65. The van der Waals surface area contributed by atoms with Crippen molar-refractivity contribution in [2.24, 2.45) is 4.99 Å².